The van der Waals surface area contributed by atoms with Crippen molar-refractivity contribution in [1.29, 1.82) is 0 Å². The molecule has 1 heterocycles. The van der Waals surface area contributed by atoms with E-state index in [9.17, 15) is 0 Å². The minimum atomic E-state index is 0.651. The average Bonchev–Trinajstić information content (AvgIpc) is 3.14. The number of nitrogens with zero attached hydrogens (tertiary/aromatic N) is 1. The van der Waals surface area contributed by atoms with Crippen LogP contribution in [0.2, 0.25) is 0 Å². The van der Waals surface area contributed by atoms with Crippen molar-refractivity contribution in [2.75, 3.05) is 7.11 Å². The lowest BCUT2D eigenvalue weighted by Crippen LogP contribution is -2.15. The van der Waals surface area contributed by atoms with Gasteiger partial charge in [-0.15, -0.1) is 0 Å². The first kappa shape index (κ1) is 12.7. The molecule has 0 radical (unpaired) electrons. The Hall–Kier alpha value is -1.33. The molecule has 1 aromatic heterocycles. The van der Waals surface area contributed by atoms with E-state index >= 15 is 0 Å². The summed E-state index contributed by atoms with van der Waals surface area (Å²) in [5.41, 5.74) is 0.913. The summed E-state index contributed by atoms with van der Waals surface area (Å²) in [6, 6.07) is 6.49. The van der Waals surface area contributed by atoms with E-state index in [1.165, 1.54) is 12.8 Å². The number of aromatic nitrogens is 1. The first-order valence-corrected chi connectivity index (χ1v) is 7.07. The molecule has 0 spiro atoms. The summed E-state index contributed by atoms with van der Waals surface area (Å²) in [6.07, 6.45) is 4.26. The summed E-state index contributed by atoms with van der Waals surface area (Å²) in [5, 5.41) is 3.38. The van der Waals surface area contributed by atoms with Gasteiger partial charge in [0.15, 0.2) is 5.76 Å². The maximum atomic E-state index is 5.76. The van der Waals surface area contributed by atoms with Crippen LogP contribution >= 0.6 is 15.9 Å². The fraction of sp³-hybridized carbons (Fsp3) is 0.357. The van der Waals surface area contributed by atoms with Crippen LogP contribution in [0.3, 0.4) is 0 Å². The Balaban J connectivity index is 1.80. The summed E-state index contributed by atoms with van der Waals surface area (Å²) < 4.78 is 12.1. The lowest BCUT2D eigenvalue weighted by molar-refractivity contribution is 0.413. The number of benzene rings is 1. The maximum absolute atomic E-state index is 5.76. The molecule has 4 nitrogen and oxygen atoms in total. The minimum absolute atomic E-state index is 0.651. The average molecular weight is 323 g/mol. The highest BCUT2D eigenvalue weighted by Crippen LogP contribution is 2.32. The molecular formula is C14H15BrN2O2. The number of oxazole rings is 1. The molecule has 0 amide bonds. The number of hydrogen-bond donors (Lipinski definition) is 1. The van der Waals surface area contributed by atoms with Gasteiger partial charge in [0.1, 0.15) is 5.75 Å². The van der Waals surface area contributed by atoms with Crippen molar-refractivity contribution < 1.29 is 9.15 Å². The van der Waals surface area contributed by atoms with Gasteiger partial charge in [-0.1, -0.05) is 15.9 Å². The minimum Gasteiger partial charge on any atom is -0.496 e. The Morgan fingerprint density at radius 3 is 3.05 bits per heavy atom. The van der Waals surface area contributed by atoms with Crippen molar-refractivity contribution >= 4 is 15.9 Å². The van der Waals surface area contributed by atoms with Crippen LogP contribution in [0.25, 0.3) is 11.3 Å². The highest BCUT2D eigenvalue weighted by atomic mass is 79.9. The van der Waals surface area contributed by atoms with E-state index in [2.05, 4.69) is 26.2 Å². The molecule has 0 unspecified atom stereocenters. The largest absolute Gasteiger partial charge is 0.496 e. The zero-order chi connectivity index (χ0) is 13.2. The van der Waals surface area contributed by atoms with Crippen molar-refractivity contribution in [3.63, 3.8) is 0 Å². The number of hydrogen-bond acceptors (Lipinski definition) is 4. The summed E-state index contributed by atoms with van der Waals surface area (Å²) in [7, 11) is 1.65. The van der Waals surface area contributed by atoms with E-state index in [0.29, 0.717) is 18.5 Å². The van der Waals surface area contributed by atoms with Gasteiger partial charge in [-0.2, -0.15) is 0 Å². The molecule has 0 bridgehead atoms. The Labute approximate surface area is 120 Å². The fourth-order valence-corrected chi connectivity index (χ4v) is 2.24. The van der Waals surface area contributed by atoms with Crippen molar-refractivity contribution in [3.05, 3.63) is 34.8 Å². The van der Waals surface area contributed by atoms with E-state index in [-0.39, 0.29) is 0 Å². The summed E-state index contributed by atoms with van der Waals surface area (Å²) in [6.45, 7) is 0.684. The standard InChI is InChI=1S/C14H15BrN2O2/c1-18-12-6-9(15)2-5-11(12)13-7-17-14(19-13)8-16-10-3-4-10/h2,5-7,10,16H,3-4,8H2,1H3. The molecule has 19 heavy (non-hydrogen) atoms. The van der Waals surface area contributed by atoms with Crippen LogP contribution in [-0.4, -0.2) is 18.1 Å². The second-order valence-electron chi connectivity index (χ2n) is 4.62. The molecule has 0 atom stereocenters. The van der Waals surface area contributed by atoms with Crippen molar-refractivity contribution in [2.24, 2.45) is 0 Å². The summed E-state index contributed by atoms with van der Waals surface area (Å²) in [5.74, 6) is 2.22. The first-order chi connectivity index (χ1) is 9.26. The number of nitrogens with one attached hydrogen (secondary N) is 1. The third-order valence-electron chi connectivity index (χ3n) is 3.10. The highest BCUT2D eigenvalue weighted by Gasteiger charge is 2.21. The summed E-state index contributed by atoms with van der Waals surface area (Å²) in [4.78, 5) is 4.29. The molecule has 1 saturated carbocycles. The third kappa shape index (κ3) is 2.98. The van der Waals surface area contributed by atoms with Crippen LogP contribution in [0.1, 0.15) is 18.7 Å². The van der Waals surface area contributed by atoms with Crippen molar-refractivity contribution in [1.82, 2.24) is 10.3 Å². The van der Waals surface area contributed by atoms with E-state index in [1.54, 1.807) is 13.3 Å². The van der Waals surface area contributed by atoms with Gasteiger partial charge in [0, 0.05) is 10.5 Å². The van der Waals surface area contributed by atoms with E-state index in [4.69, 9.17) is 9.15 Å². The molecule has 1 N–H and O–H groups in total. The van der Waals surface area contributed by atoms with Crippen LogP contribution < -0.4 is 10.1 Å². The molecule has 100 valence electrons. The molecule has 2 aromatic rings. The van der Waals surface area contributed by atoms with Gasteiger partial charge in [0.25, 0.3) is 0 Å². The smallest absolute Gasteiger partial charge is 0.208 e. The molecule has 3 rings (SSSR count). The van der Waals surface area contributed by atoms with Gasteiger partial charge in [0.05, 0.1) is 25.4 Å². The van der Waals surface area contributed by atoms with Crippen LogP contribution in [0.4, 0.5) is 0 Å². The van der Waals surface area contributed by atoms with Gasteiger partial charge in [-0.05, 0) is 31.0 Å². The molecule has 0 aliphatic heterocycles. The quantitative estimate of drug-likeness (QED) is 0.916. The third-order valence-corrected chi connectivity index (χ3v) is 3.60. The Morgan fingerprint density at radius 1 is 1.47 bits per heavy atom. The van der Waals surface area contributed by atoms with Crippen LogP contribution in [0, 0.1) is 0 Å². The van der Waals surface area contributed by atoms with Crippen molar-refractivity contribution in [2.45, 2.75) is 25.4 Å². The Bertz CT molecular complexity index is 579. The van der Waals surface area contributed by atoms with Crippen LogP contribution in [0.5, 0.6) is 5.75 Å². The lowest BCUT2D eigenvalue weighted by Gasteiger charge is -2.06. The zero-order valence-electron chi connectivity index (χ0n) is 10.6. The molecular weight excluding hydrogens is 308 g/mol. The normalized spacial score (nSPS) is 14.6. The molecule has 0 saturated heterocycles. The topological polar surface area (TPSA) is 47.3 Å². The second kappa shape index (κ2) is 5.35. The number of halogens is 1. The molecule has 1 aliphatic carbocycles. The maximum Gasteiger partial charge on any atom is 0.208 e. The Kier molecular flexibility index (Phi) is 3.57. The SMILES string of the molecule is COc1cc(Br)ccc1-c1cnc(CNC2CC2)o1. The lowest BCUT2D eigenvalue weighted by atomic mass is 10.1. The predicted octanol–water partition coefficient (Wildman–Crippen LogP) is 3.36. The molecule has 1 aromatic carbocycles. The number of rotatable bonds is 5. The molecule has 1 aliphatic rings. The number of methoxy groups -OCH3 is 1. The van der Waals surface area contributed by atoms with Gasteiger partial charge in [0.2, 0.25) is 5.89 Å². The highest BCUT2D eigenvalue weighted by molar-refractivity contribution is 9.10. The number of ether oxygens (including phenoxy) is 1. The van der Waals surface area contributed by atoms with E-state index in [1.807, 2.05) is 18.2 Å². The van der Waals surface area contributed by atoms with Gasteiger partial charge >= 0.3 is 0 Å². The van der Waals surface area contributed by atoms with E-state index < -0.39 is 0 Å². The summed E-state index contributed by atoms with van der Waals surface area (Å²) >= 11 is 3.43. The zero-order valence-corrected chi connectivity index (χ0v) is 12.2. The van der Waals surface area contributed by atoms with Crippen LogP contribution in [-0.2, 0) is 6.54 Å². The van der Waals surface area contributed by atoms with Gasteiger partial charge in [-0.25, -0.2) is 4.98 Å². The first-order valence-electron chi connectivity index (χ1n) is 6.28. The van der Waals surface area contributed by atoms with Crippen LogP contribution in [0.15, 0.2) is 33.3 Å². The monoisotopic (exact) mass is 322 g/mol. The fourth-order valence-electron chi connectivity index (χ4n) is 1.90. The van der Waals surface area contributed by atoms with E-state index in [0.717, 1.165) is 21.5 Å². The second-order valence-corrected chi connectivity index (χ2v) is 5.53. The predicted molar refractivity (Wildman–Crippen MR) is 76.1 cm³/mol. The van der Waals surface area contributed by atoms with Crippen molar-refractivity contribution in [3.8, 4) is 17.1 Å². The molecule has 1 fully saturated rings. The Morgan fingerprint density at radius 2 is 2.32 bits per heavy atom. The van der Waals surface area contributed by atoms with Gasteiger partial charge < -0.3 is 14.5 Å². The molecule has 5 heteroatoms. The van der Waals surface area contributed by atoms with Gasteiger partial charge in [-0.3, -0.25) is 0 Å².